The van der Waals surface area contributed by atoms with Crippen molar-refractivity contribution in [3.05, 3.63) is 48.3 Å². The lowest BCUT2D eigenvalue weighted by atomic mass is 9.98. The SMILES string of the molecule is COc1cccc(NC(=O)N2CCC(COc3ccnc(C)c3)CC2)c1. The minimum atomic E-state index is -0.0672. The molecule has 0 radical (unpaired) electrons. The highest BCUT2D eigenvalue weighted by Crippen LogP contribution is 2.21. The van der Waals surface area contributed by atoms with E-state index in [0.717, 1.165) is 48.8 Å². The Kier molecular flexibility index (Phi) is 5.94. The van der Waals surface area contributed by atoms with Crippen molar-refractivity contribution in [2.75, 3.05) is 32.1 Å². The highest BCUT2D eigenvalue weighted by atomic mass is 16.5. The Bertz CT molecular complexity index is 743. The maximum Gasteiger partial charge on any atom is 0.321 e. The van der Waals surface area contributed by atoms with Gasteiger partial charge in [0.15, 0.2) is 0 Å². The Morgan fingerprint density at radius 2 is 2.04 bits per heavy atom. The monoisotopic (exact) mass is 355 g/mol. The fourth-order valence-corrected chi connectivity index (χ4v) is 3.03. The zero-order chi connectivity index (χ0) is 18.4. The van der Waals surface area contributed by atoms with Gasteiger partial charge in [-0.15, -0.1) is 0 Å². The van der Waals surface area contributed by atoms with Gasteiger partial charge in [0, 0.05) is 42.8 Å². The maximum atomic E-state index is 12.4. The summed E-state index contributed by atoms with van der Waals surface area (Å²) in [5.41, 5.74) is 1.69. The summed E-state index contributed by atoms with van der Waals surface area (Å²) in [6, 6.07) is 11.1. The highest BCUT2D eigenvalue weighted by molar-refractivity contribution is 5.89. The van der Waals surface area contributed by atoms with Crippen molar-refractivity contribution in [3.8, 4) is 11.5 Å². The predicted molar refractivity (Wildman–Crippen MR) is 101 cm³/mol. The quantitative estimate of drug-likeness (QED) is 0.888. The smallest absolute Gasteiger partial charge is 0.321 e. The molecular formula is C20H25N3O3. The van der Waals surface area contributed by atoms with Crippen LogP contribution in [0.3, 0.4) is 0 Å². The van der Waals surface area contributed by atoms with Crippen LogP contribution < -0.4 is 14.8 Å². The van der Waals surface area contributed by atoms with E-state index < -0.39 is 0 Å². The summed E-state index contributed by atoms with van der Waals surface area (Å²) in [7, 11) is 1.61. The summed E-state index contributed by atoms with van der Waals surface area (Å²) in [5, 5.41) is 2.93. The minimum Gasteiger partial charge on any atom is -0.497 e. The van der Waals surface area contributed by atoms with E-state index in [9.17, 15) is 4.79 Å². The molecule has 1 aromatic heterocycles. The Hall–Kier alpha value is -2.76. The van der Waals surface area contributed by atoms with Crippen LogP contribution in [0.2, 0.25) is 0 Å². The first-order valence-corrected chi connectivity index (χ1v) is 8.89. The van der Waals surface area contributed by atoms with E-state index in [1.807, 2.05) is 48.2 Å². The van der Waals surface area contributed by atoms with Gasteiger partial charge >= 0.3 is 6.03 Å². The predicted octanol–water partition coefficient (Wildman–Crippen LogP) is 3.72. The third-order valence-electron chi connectivity index (χ3n) is 4.58. The third-order valence-corrected chi connectivity index (χ3v) is 4.58. The summed E-state index contributed by atoms with van der Waals surface area (Å²) in [4.78, 5) is 18.5. The summed E-state index contributed by atoms with van der Waals surface area (Å²) in [6.07, 6.45) is 3.64. The average molecular weight is 355 g/mol. The summed E-state index contributed by atoms with van der Waals surface area (Å²) >= 11 is 0. The van der Waals surface area contributed by atoms with Crippen molar-refractivity contribution in [1.82, 2.24) is 9.88 Å². The first kappa shape index (κ1) is 18.0. The molecule has 2 heterocycles. The fraction of sp³-hybridized carbons (Fsp3) is 0.400. The second kappa shape index (κ2) is 8.56. The number of nitrogens with zero attached hydrogens (tertiary/aromatic N) is 2. The number of hydrogen-bond donors (Lipinski definition) is 1. The first-order chi connectivity index (χ1) is 12.6. The van der Waals surface area contributed by atoms with Crippen LogP contribution >= 0.6 is 0 Å². The van der Waals surface area contributed by atoms with Gasteiger partial charge in [-0.05, 0) is 43.9 Å². The fourth-order valence-electron chi connectivity index (χ4n) is 3.03. The zero-order valence-corrected chi connectivity index (χ0v) is 15.3. The van der Waals surface area contributed by atoms with Gasteiger partial charge in [0.2, 0.25) is 0 Å². The van der Waals surface area contributed by atoms with E-state index in [-0.39, 0.29) is 6.03 Å². The van der Waals surface area contributed by atoms with Crippen molar-refractivity contribution in [1.29, 1.82) is 0 Å². The molecular weight excluding hydrogens is 330 g/mol. The number of rotatable bonds is 5. The van der Waals surface area contributed by atoms with E-state index in [4.69, 9.17) is 9.47 Å². The number of amides is 2. The lowest BCUT2D eigenvalue weighted by Gasteiger charge is -2.32. The molecule has 0 spiro atoms. The molecule has 1 aliphatic heterocycles. The van der Waals surface area contributed by atoms with Crippen LogP contribution in [0.25, 0.3) is 0 Å². The molecule has 6 nitrogen and oxygen atoms in total. The van der Waals surface area contributed by atoms with Gasteiger partial charge in [-0.25, -0.2) is 4.79 Å². The number of anilines is 1. The Balaban J connectivity index is 1.44. The lowest BCUT2D eigenvalue weighted by molar-refractivity contribution is 0.152. The Labute approximate surface area is 154 Å². The zero-order valence-electron chi connectivity index (χ0n) is 15.3. The number of benzene rings is 1. The number of carbonyl (C=O) groups excluding carboxylic acids is 1. The summed E-state index contributed by atoms with van der Waals surface area (Å²) in [6.45, 7) is 4.10. The highest BCUT2D eigenvalue weighted by Gasteiger charge is 2.23. The van der Waals surface area contributed by atoms with Crippen molar-refractivity contribution in [2.24, 2.45) is 5.92 Å². The molecule has 1 aliphatic rings. The number of piperidine rings is 1. The van der Waals surface area contributed by atoms with E-state index >= 15 is 0 Å². The second-order valence-electron chi connectivity index (χ2n) is 6.54. The number of aryl methyl sites for hydroxylation is 1. The van der Waals surface area contributed by atoms with Crippen LogP contribution in [-0.2, 0) is 0 Å². The van der Waals surface area contributed by atoms with Gasteiger partial charge in [0.05, 0.1) is 13.7 Å². The molecule has 3 rings (SSSR count). The van der Waals surface area contributed by atoms with Gasteiger partial charge < -0.3 is 19.7 Å². The number of nitrogens with one attached hydrogen (secondary N) is 1. The Morgan fingerprint density at radius 1 is 1.23 bits per heavy atom. The van der Waals surface area contributed by atoms with Gasteiger partial charge in [-0.3, -0.25) is 4.98 Å². The molecule has 0 atom stereocenters. The molecule has 6 heteroatoms. The Morgan fingerprint density at radius 3 is 2.77 bits per heavy atom. The lowest BCUT2D eigenvalue weighted by Crippen LogP contribution is -2.42. The molecule has 0 bridgehead atoms. The minimum absolute atomic E-state index is 0.0672. The number of methoxy groups -OCH3 is 1. The number of likely N-dealkylation sites (tertiary alicyclic amines) is 1. The number of carbonyl (C=O) groups is 1. The standard InChI is InChI=1S/C20H25N3O3/c1-15-12-19(6-9-21-15)26-14-16-7-10-23(11-8-16)20(24)22-17-4-3-5-18(13-17)25-2/h3-6,9,12-13,16H,7-8,10-11,14H2,1-2H3,(H,22,24). The van der Waals surface area contributed by atoms with Gasteiger partial charge in [-0.1, -0.05) is 6.07 Å². The summed E-state index contributed by atoms with van der Waals surface area (Å²) < 4.78 is 11.1. The molecule has 26 heavy (non-hydrogen) atoms. The normalized spacial score (nSPS) is 14.8. The van der Waals surface area contributed by atoms with Crippen molar-refractivity contribution < 1.29 is 14.3 Å². The van der Waals surface area contributed by atoms with Gasteiger partial charge in [0.1, 0.15) is 11.5 Å². The molecule has 0 unspecified atom stereocenters. The molecule has 1 aromatic carbocycles. The first-order valence-electron chi connectivity index (χ1n) is 8.89. The van der Waals surface area contributed by atoms with Crippen molar-refractivity contribution >= 4 is 11.7 Å². The number of urea groups is 1. The number of ether oxygens (including phenoxy) is 2. The van der Waals surface area contributed by atoms with E-state index in [1.165, 1.54) is 0 Å². The van der Waals surface area contributed by atoms with Crippen LogP contribution in [0.1, 0.15) is 18.5 Å². The topological polar surface area (TPSA) is 63.7 Å². The van der Waals surface area contributed by atoms with Crippen molar-refractivity contribution in [2.45, 2.75) is 19.8 Å². The number of pyridine rings is 1. The molecule has 0 aliphatic carbocycles. The molecule has 138 valence electrons. The average Bonchev–Trinajstić information content (AvgIpc) is 2.67. The third kappa shape index (κ3) is 4.88. The molecule has 1 N–H and O–H groups in total. The van der Waals surface area contributed by atoms with E-state index in [0.29, 0.717) is 12.5 Å². The number of aromatic nitrogens is 1. The van der Waals surface area contributed by atoms with Crippen LogP contribution in [0.4, 0.5) is 10.5 Å². The van der Waals surface area contributed by atoms with Crippen molar-refractivity contribution in [3.63, 3.8) is 0 Å². The summed E-state index contributed by atoms with van der Waals surface area (Å²) in [5.74, 6) is 2.05. The number of hydrogen-bond acceptors (Lipinski definition) is 4. The maximum absolute atomic E-state index is 12.4. The van der Waals surface area contributed by atoms with Crippen LogP contribution in [0.15, 0.2) is 42.6 Å². The molecule has 1 fully saturated rings. The van der Waals surface area contributed by atoms with Crippen LogP contribution in [0.5, 0.6) is 11.5 Å². The molecule has 2 amide bonds. The largest absolute Gasteiger partial charge is 0.497 e. The van der Waals surface area contributed by atoms with E-state index in [1.54, 1.807) is 13.3 Å². The molecule has 2 aromatic rings. The van der Waals surface area contributed by atoms with Crippen LogP contribution in [0, 0.1) is 12.8 Å². The second-order valence-corrected chi connectivity index (χ2v) is 6.54. The van der Waals surface area contributed by atoms with E-state index in [2.05, 4.69) is 10.3 Å². The molecule has 0 saturated carbocycles. The van der Waals surface area contributed by atoms with Crippen LogP contribution in [-0.4, -0.2) is 42.7 Å². The molecule has 1 saturated heterocycles. The van der Waals surface area contributed by atoms with Gasteiger partial charge in [0.25, 0.3) is 0 Å². The van der Waals surface area contributed by atoms with Gasteiger partial charge in [-0.2, -0.15) is 0 Å².